The van der Waals surface area contributed by atoms with Crippen molar-refractivity contribution in [3.8, 4) is 0 Å². The van der Waals surface area contributed by atoms with Crippen molar-refractivity contribution in [1.82, 2.24) is 14.9 Å². The Morgan fingerprint density at radius 1 is 1.22 bits per heavy atom. The van der Waals surface area contributed by atoms with Crippen LogP contribution < -0.4 is 4.90 Å². The lowest BCUT2D eigenvalue weighted by atomic mass is 10.2. The molecule has 0 N–H and O–H groups in total. The van der Waals surface area contributed by atoms with Crippen LogP contribution in [-0.4, -0.2) is 47.0 Å². The minimum atomic E-state index is 0.138. The van der Waals surface area contributed by atoms with E-state index in [9.17, 15) is 4.79 Å². The zero-order valence-corrected chi connectivity index (χ0v) is 14.4. The van der Waals surface area contributed by atoms with Crippen LogP contribution in [0.5, 0.6) is 0 Å². The summed E-state index contributed by atoms with van der Waals surface area (Å²) in [6, 6.07) is 5.96. The van der Waals surface area contributed by atoms with Crippen molar-refractivity contribution in [2.75, 3.05) is 31.1 Å². The van der Waals surface area contributed by atoms with Crippen LogP contribution in [0.1, 0.15) is 14.5 Å². The topological polar surface area (TPSA) is 49.3 Å². The van der Waals surface area contributed by atoms with Crippen LogP contribution in [0.2, 0.25) is 0 Å². The fourth-order valence-electron chi connectivity index (χ4n) is 2.89. The molecule has 0 unspecified atom stereocenters. The number of carbonyl (C=O) groups excluding carboxylic acids is 1. The zero-order chi connectivity index (χ0) is 15.8. The summed E-state index contributed by atoms with van der Waals surface area (Å²) in [5.41, 5.74) is 0. The summed E-state index contributed by atoms with van der Waals surface area (Å²) in [5.74, 6) is 1.13. The van der Waals surface area contributed by atoms with Gasteiger partial charge in [0.25, 0.3) is 5.91 Å². The molecule has 0 saturated carbocycles. The van der Waals surface area contributed by atoms with Gasteiger partial charge in [0, 0.05) is 31.1 Å². The van der Waals surface area contributed by atoms with Crippen LogP contribution in [0.3, 0.4) is 0 Å². The van der Waals surface area contributed by atoms with Crippen LogP contribution in [0.4, 0.5) is 5.82 Å². The molecule has 1 amide bonds. The zero-order valence-electron chi connectivity index (χ0n) is 12.7. The summed E-state index contributed by atoms with van der Waals surface area (Å²) < 4.78 is 0. The molecule has 23 heavy (non-hydrogen) atoms. The highest BCUT2D eigenvalue weighted by atomic mass is 32.1. The summed E-state index contributed by atoms with van der Waals surface area (Å²) in [7, 11) is 0. The monoisotopic (exact) mass is 344 g/mol. The maximum Gasteiger partial charge on any atom is 0.264 e. The quantitative estimate of drug-likeness (QED) is 0.717. The SMILES string of the molecule is Cc1cc2c(N3CCN(C(=O)c4cccs4)CC3)ncnc2s1. The molecule has 0 radical (unpaired) electrons. The molecule has 1 saturated heterocycles. The number of fused-ring (bicyclic) bond motifs is 1. The first kappa shape index (κ1) is 14.6. The smallest absolute Gasteiger partial charge is 0.264 e. The Bertz CT molecular complexity index is 835. The highest BCUT2D eigenvalue weighted by Gasteiger charge is 2.24. The molecule has 4 heterocycles. The number of hydrogen-bond donors (Lipinski definition) is 0. The van der Waals surface area contributed by atoms with Gasteiger partial charge >= 0.3 is 0 Å². The molecule has 1 fully saturated rings. The Kier molecular flexibility index (Phi) is 3.74. The second-order valence-electron chi connectivity index (χ2n) is 5.53. The van der Waals surface area contributed by atoms with Crippen molar-refractivity contribution in [1.29, 1.82) is 0 Å². The Morgan fingerprint density at radius 3 is 2.78 bits per heavy atom. The van der Waals surface area contributed by atoms with Crippen molar-refractivity contribution in [2.24, 2.45) is 0 Å². The Morgan fingerprint density at radius 2 is 2.04 bits per heavy atom. The molecular weight excluding hydrogens is 328 g/mol. The minimum Gasteiger partial charge on any atom is -0.352 e. The molecule has 3 aromatic rings. The van der Waals surface area contributed by atoms with Gasteiger partial charge in [0.2, 0.25) is 0 Å². The highest BCUT2D eigenvalue weighted by Crippen LogP contribution is 2.30. The van der Waals surface area contributed by atoms with E-state index < -0.39 is 0 Å². The van der Waals surface area contributed by atoms with E-state index in [1.807, 2.05) is 22.4 Å². The number of anilines is 1. The first-order chi connectivity index (χ1) is 11.2. The Hall–Kier alpha value is -1.99. The number of hydrogen-bond acceptors (Lipinski definition) is 6. The number of piperazine rings is 1. The van der Waals surface area contributed by atoms with E-state index in [1.165, 1.54) is 16.2 Å². The normalized spacial score (nSPS) is 15.3. The molecule has 7 heteroatoms. The summed E-state index contributed by atoms with van der Waals surface area (Å²) in [4.78, 5) is 28.5. The molecule has 1 aliphatic rings. The molecule has 3 aromatic heterocycles. The standard InChI is InChI=1S/C16H16N4OS2/c1-11-9-12-14(17-10-18-15(12)23-11)19-4-6-20(7-5-19)16(21)13-3-2-8-22-13/h2-3,8-10H,4-7H2,1H3. The number of carbonyl (C=O) groups is 1. The molecule has 0 atom stereocenters. The van der Waals surface area contributed by atoms with E-state index in [1.54, 1.807) is 17.7 Å². The molecule has 0 aromatic carbocycles. The fourth-order valence-corrected chi connectivity index (χ4v) is 4.43. The van der Waals surface area contributed by atoms with Gasteiger partial charge in [-0.2, -0.15) is 0 Å². The predicted octanol–water partition coefficient (Wildman–Crippen LogP) is 3.02. The molecule has 0 spiro atoms. The first-order valence-electron chi connectivity index (χ1n) is 7.51. The van der Waals surface area contributed by atoms with Gasteiger partial charge in [-0.15, -0.1) is 22.7 Å². The number of aromatic nitrogens is 2. The van der Waals surface area contributed by atoms with Crippen molar-refractivity contribution in [2.45, 2.75) is 6.92 Å². The number of amides is 1. The number of thiophene rings is 2. The maximum absolute atomic E-state index is 12.4. The van der Waals surface area contributed by atoms with Crippen LogP contribution >= 0.6 is 22.7 Å². The second kappa shape index (κ2) is 5.90. The van der Waals surface area contributed by atoms with Crippen LogP contribution in [0.15, 0.2) is 29.9 Å². The molecule has 5 nitrogen and oxygen atoms in total. The summed E-state index contributed by atoms with van der Waals surface area (Å²) in [6.45, 7) is 5.15. The van der Waals surface area contributed by atoms with Crippen molar-refractivity contribution in [3.05, 3.63) is 39.7 Å². The molecule has 118 valence electrons. The Labute approximate surface area is 142 Å². The van der Waals surface area contributed by atoms with E-state index in [0.717, 1.165) is 47.1 Å². The van der Waals surface area contributed by atoms with E-state index in [2.05, 4.69) is 27.9 Å². The molecule has 0 aliphatic carbocycles. The average Bonchev–Trinajstić information content (AvgIpc) is 3.22. The van der Waals surface area contributed by atoms with E-state index in [0.29, 0.717) is 0 Å². The van der Waals surface area contributed by atoms with Gasteiger partial charge in [-0.1, -0.05) is 6.07 Å². The lowest BCUT2D eigenvalue weighted by Gasteiger charge is -2.35. The third-order valence-electron chi connectivity index (χ3n) is 4.03. The molecular formula is C16H16N4OS2. The number of aryl methyl sites for hydroxylation is 1. The summed E-state index contributed by atoms with van der Waals surface area (Å²) in [6.07, 6.45) is 1.64. The molecule has 0 bridgehead atoms. The van der Waals surface area contributed by atoms with Gasteiger partial charge in [-0.3, -0.25) is 4.79 Å². The van der Waals surface area contributed by atoms with Gasteiger partial charge < -0.3 is 9.80 Å². The number of nitrogens with zero attached hydrogens (tertiary/aromatic N) is 4. The highest BCUT2D eigenvalue weighted by molar-refractivity contribution is 7.18. The van der Waals surface area contributed by atoms with Gasteiger partial charge in [0.05, 0.1) is 10.3 Å². The van der Waals surface area contributed by atoms with E-state index >= 15 is 0 Å². The lowest BCUT2D eigenvalue weighted by molar-refractivity contribution is 0.0751. The lowest BCUT2D eigenvalue weighted by Crippen LogP contribution is -2.49. The van der Waals surface area contributed by atoms with Crippen molar-refractivity contribution < 1.29 is 4.79 Å². The van der Waals surface area contributed by atoms with Gasteiger partial charge in [-0.25, -0.2) is 9.97 Å². The third-order valence-corrected chi connectivity index (χ3v) is 5.85. The van der Waals surface area contributed by atoms with Crippen molar-refractivity contribution in [3.63, 3.8) is 0 Å². The molecule has 1 aliphatic heterocycles. The maximum atomic E-state index is 12.4. The summed E-state index contributed by atoms with van der Waals surface area (Å²) >= 11 is 3.20. The third kappa shape index (κ3) is 2.70. The van der Waals surface area contributed by atoms with Gasteiger partial charge in [0.15, 0.2) is 0 Å². The fraction of sp³-hybridized carbons (Fsp3) is 0.312. The predicted molar refractivity (Wildman–Crippen MR) is 94.6 cm³/mol. The minimum absolute atomic E-state index is 0.138. The largest absolute Gasteiger partial charge is 0.352 e. The molecule has 4 rings (SSSR count). The van der Waals surface area contributed by atoms with E-state index in [4.69, 9.17) is 0 Å². The van der Waals surface area contributed by atoms with Gasteiger partial charge in [0.1, 0.15) is 17.0 Å². The summed E-state index contributed by atoms with van der Waals surface area (Å²) in [5, 5.41) is 3.06. The van der Waals surface area contributed by atoms with Crippen LogP contribution in [-0.2, 0) is 0 Å². The average molecular weight is 344 g/mol. The Balaban J connectivity index is 1.52. The van der Waals surface area contributed by atoms with Crippen molar-refractivity contribution >= 4 is 44.6 Å². The second-order valence-corrected chi connectivity index (χ2v) is 7.71. The number of rotatable bonds is 2. The van der Waals surface area contributed by atoms with Gasteiger partial charge in [-0.05, 0) is 24.4 Å². The van der Waals surface area contributed by atoms with Crippen LogP contribution in [0.25, 0.3) is 10.2 Å². The first-order valence-corrected chi connectivity index (χ1v) is 9.21. The van der Waals surface area contributed by atoms with Crippen LogP contribution in [0, 0.1) is 6.92 Å². The van der Waals surface area contributed by atoms with E-state index in [-0.39, 0.29) is 5.91 Å².